The van der Waals surface area contributed by atoms with Crippen LogP contribution < -0.4 is 10.5 Å². The Morgan fingerprint density at radius 2 is 2.06 bits per heavy atom. The molecular weight excluding hydrogens is 294 g/mol. The van der Waals surface area contributed by atoms with Crippen molar-refractivity contribution in [2.24, 2.45) is 5.14 Å². The van der Waals surface area contributed by atoms with Gasteiger partial charge >= 0.3 is 0 Å². The molecule has 16 heavy (non-hydrogen) atoms. The zero-order chi connectivity index (χ0) is 12.5. The Hall–Kier alpha value is -0.660. The molecule has 1 aromatic rings. The molecule has 3 N–H and O–H groups in total. The van der Waals surface area contributed by atoms with Gasteiger partial charge in [-0.1, -0.05) is 0 Å². The van der Waals surface area contributed by atoms with E-state index in [1.165, 1.54) is 0 Å². The van der Waals surface area contributed by atoms with Gasteiger partial charge in [0.1, 0.15) is 10.7 Å². The Kier molecular flexibility index (Phi) is 3.92. The van der Waals surface area contributed by atoms with Gasteiger partial charge in [0.25, 0.3) is 0 Å². The summed E-state index contributed by atoms with van der Waals surface area (Å²) in [7, 11) is -3.79. The number of anilines is 1. The lowest BCUT2D eigenvalue weighted by Gasteiger charge is -2.14. The molecule has 1 rings (SSSR count). The zero-order valence-corrected chi connectivity index (χ0v) is 11.7. The number of primary sulfonamides is 1. The molecule has 0 radical (unpaired) electrons. The lowest BCUT2D eigenvalue weighted by molar-refractivity contribution is 0.597. The molecule has 0 fully saturated rings. The SMILES string of the molecule is Cc1c(Br)cnc(NC(C)C)c1S(N)(=O)=O. The summed E-state index contributed by atoms with van der Waals surface area (Å²) >= 11 is 3.23. The highest BCUT2D eigenvalue weighted by Gasteiger charge is 2.20. The standard InChI is InChI=1S/C9H14BrN3O2S/c1-5(2)13-9-8(16(11,14)15)6(3)7(10)4-12-9/h4-5H,1-3H3,(H,12,13)(H2,11,14,15). The van der Waals surface area contributed by atoms with Crippen molar-refractivity contribution in [1.82, 2.24) is 4.98 Å². The number of hydrogen-bond donors (Lipinski definition) is 2. The maximum absolute atomic E-state index is 11.5. The first-order chi connectivity index (χ1) is 7.23. The minimum Gasteiger partial charge on any atom is -0.367 e. The van der Waals surface area contributed by atoms with E-state index in [0.717, 1.165) is 0 Å². The van der Waals surface area contributed by atoms with Gasteiger partial charge < -0.3 is 5.32 Å². The smallest absolute Gasteiger partial charge is 0.242 e. The van der Waals surface area contributed by atoms with E-state index in [1.807, 2.05) is 13.8 Å². The molecule has 0 bridgehead atoms. The Bertz CT molecular complexity index is 500. The summed E-state index contributed by atoms with van der Waals surface area (Å²) in [4.78, 5) is 4.07. The van der Waals surface area contributed by atoms with Crippen LogP contribution in [0.15, 0.2) is 15.6 Å². The highest BCUT2D eigenvalue weighted by atomic mass is 79.9. The van der Waals surface area contributed by atoms with E-state index >= 15 is 0 Å². The number of pyridine rings is 1. The quantitative estimate of drug-likeness (QED) is 0.888. The van der Waals surface area contributed by atoms with Crippen LogP contribution in [-0.4, -0.2) is 19.4 Å². The predicted octanol–water partition coefficient (Wildman–Crippen LogP) is 1.62. The van der Waals surface area contributed by atoms with Gasteiger partial charge in [-0.2, -0.15) is 0 Å². The summed E-state index contributed by atoms with van der Waals surface area (Å²) in [6.45, 7) is 5.47. The minimum absolute atomic E-state index is 0.0376. The number of hydrogen-bond acceptors (Lipinski definition) is 4. The number of nitrogens with two attached hydrogens (primary N) is 1. The third-order valence-electron chi connectivity index (χ3n) is 1.93. The van der Waals surface area contributed by atoms with Crippen LogP contribution in [0.25, 0.3) is 0 Å². The van der Waals surface area contributed by atoms with Gasteiger partial charge in [0.2, 0.25) is 10.0 Å². The first-order valence-electron chi connectivity index (χ1n) is 4.68. The monoisotopic (exact) mass is 307 g/mol. The molecule has 0 saturated heterocycles. The van der Waals surface area contributed by atoms with Crippen molar-refractivity contribution in [1.29, 1.82) is 0 Å². The lowest BCUT2D eigenvalue weighted by atomic mass is 10.3. The van der Waals surface area contributed by atoms with E-state index < -0.39 is 10.0 Å². The summed E-state index contributed by atoms with van der Waals surface area (Å²) in [5, 5.41) is 8.13. The van der Waals surface area contributed by atoms with E-state index in [9.17, 15) is 8.42 Å². The fourth-order valence-electron chi connectivity index (χ4n) is 1.29. The summed E-state index contributed by atoms with van der Waals surface area (Å²) in [5.74, 6) is 0.290. The van der Waals surface area contributed by atoms with Crippen molar-refractivity contribution in [2.75, 3.05) is 5.32 Å². The molecular formula is C9H14BrN3O2S. The van der Waals surface area contributed by atoms with Crippen molar-refractivity contribution in [2.45, 2.75) is 31.7 Å². The van der Waals surface area contributed by atoms with Crippen molar-refractivity contribution in [3.63, 3.8) is 0 Å². The Morgan fingerprint density at radius 1 is 1.50 bits per heavy atom. The molecule has 5 nitrogen and oxygen atoms in total. The Labute approximate surface area is 104 Å². The summed E-state index contributed by atoms with van der Waals surface area (Å²) in [6.07, 6.45) is 1.55. The fourth-order valence-corrected chi connectivity index (χ4v) is 2.64. The molecule has 0 aliphatic heterocycles. The zero-order valence-electron chi connectivity index (χ0n) is 9.28. The summed E-state index contributed by atoms with van der Waals surface area (Å²) in [6, 6.07) is 0.0774. The van der Waals surface area contributed by atoms with Crippen molar-refractivity contribution in [3.05, 3.63) is 16.2 Å². The molecule has 0 aliphatic carbocycles. The molecule has 90 valence electrons. The van der Waals surface area contributed by atoms with Crippen LogP contribution in [0.2, 0.25) is 0 Å². The van der Waals surface area contributed by atoms with Gasteiger partial charge in [-0.15, -0.1) is 0 Å². The first-order valence-corrected chi connectivity index (χ1v) is 7.02. The molecule has 1 heterocycles. The molecule has 7 heteroatoms. The normalized spacial score (nSPS) is 11.9. The van der Waals surface area contributed by atoms with E-state index in [2.05, 4.69) is 26.2 Å². The van der Waals surface area contributed by atoms with Crippen LogP contribution in [0.1, 0.15) is 19.4 Å². The fraction of sp³-hybridized carbons (Fsp3) is 0.444. The number of halogens is 1. The Balaban J connectivity index is 3.46. The van der Waals surface area contributed by atoms with Crippen molar-refractivity contribution >= 4 is 31.8 Å². The molecule has 0 atom stereocenters. The van der Waals surface area contributed by atoms with Crippen LogP contribution in [-0.2, 0) is 10.0 Å². The van der Waals surface area contributed by atoms with Gasteiger partial charge in [-0.3, -0.25) is 0 Å². The number of sulfonamides is 1. The lowest BCUT2D eigenvalue weighted by Crippen LogP contribution is -2.20. The second kappa shape index (κ2) is 4.68. The van der Waals surface area contributed by atoms with Gasteiger partial charge in [0, 0.05) is 16.7 Å². The van der Waals surface area contributed by atoms with Gasteiger partial charge in [0.05, 0.1) is 0 Å². The van der Waals surface area contributed by atoms with Crippen LogP contribution in [0, 0.1) is 6.92 Å². The average molecular weight is 308 g/mol. The van der Waals surface area contributed by atoms with Crippen LogP contribution in [0.4, 0.5) is 5.82 Å². The summed E-state index contributed by atoms with van der Waals surface area (Å²) < 4.78 is 23.6. The van der Waals surface area contributed by atoms with E-state index in [0.29, 0.717) is 15.9 Å². The second-order valence-electron chi connectivity index (χ2n) is 3.75. The molecule has 0 aromatic carbocycles. The van der Waals surface area contributed by atoms with Crippen LogP contribution in [0.3, 0.4) is 0 Å². The van der Waals surface area contributed by atoms with Crippen LogP contribution in [0.5, 0.6) is 0 Å². The molecule has 0 saturated carbocycles. The number of rotatable bonds is 3. The van der Waals surface area contributed by atoms with Gasteiger partial charge in [0.15, 0.2) is 0 Å². The Morgan fingerprint density at radius 3 is 2.50 bits per heavy atom. The highest BCUT2D eigenvalue weighted by molar-refractivity contribution is 9.10. The molecule has 1 aromatic heterocycles. The number of aromatic nitrogens is 1. The largest absolute Gasteiger partial charge is 0.367 e. The maximum Gasteiger partial charge on any atom is 0.242 e. The van der Waals surface area contributed by atoms with E-state index in [1.54, 1.807) is 13.1 Å². The topological polar surface area (TPSA) is 85.1 Å². The van der Waals surface area contributed by atoms with Gasteiger partial charge in [-0.05, 0) is 42.3 Å². The van der Waals surface area contributed by atoms with E-state index in [-0.39, 0.29) is 10.9 Å². The third kappa shape index (κ3) is 2.93. The van der Waals surface area contributed by atoms with Crippen molar-refractivity contribution in [3.8, 4) is 0 Å². The second-order valence-corrected chi connectivity index (χ2v) is 6.11. The van der Waals surface area contributed by atoms with Crippen LogP contribution >= 0.6 is 15.9 Å². The van der Waals surface area contributed by atoms with Crippen molar-refractivity contribution < 1.29 is 8.42 Å². The van der Waals surface area contributed by atoms with Gasteiger partial charge in [-0.25, -0.2) is 18.5 Å². The first kappa shape index (κ1) is 13.4. The minimum atomic E-state index is -3.79. The third-order valence-corrected chi connectivity index (χ3v) is 3.80. The summed E-state index contributed by atoms with van der Waals surface area (Å²) in [5.41, 5.74) is 0.556. The average Bonchev–Trinajstić information content (AvgIpc) is 2.08. The molecule has 0 aliphatic rings. The predicted molar refractivity (Wildman–Crippen MR) is 66.8 cm³/mol. The molecule has 0 spiro atoms. The molecule has 0 amide bonds. The number of nitrogens with one attached hydrogen (secondary N) is 1. The molecule has 0 unspecified atom stereocenters. The maximum atomic E-state index is 11.5. The number of nitrogens with zero attached hydrogens (tertiary/aromatic N) is 1. The van der Waals surface area contributed by atoms with E-state index in [4.69, 9.17) is 5.14 Å². The highest BCUT2D eigenvalue weighted by Crippen LogP contribution is 2.27.